The third-order valence-corrected chi connectivity index (χ3v) is 3.36. The van der Waals surface area contributed by atoms with Crippen molar-refractivity contribution >= 4 is 0 Å². The molecule has 0 saturated heterocycles. The molecule has 1 aromatic carbocycles. The van der Waals surface area contributed by atoms with Gasteiger partial charge in [0.1, 0.15) is 5.75 Å². The van der Waals surface area contributed by atoms with Crippen LogP contribution in [0.5, 0.6) is 5.75 Å². The normalized spacial score (nSPS) is 21.7. The van der Waals surface area contributed by atoms with Crippen molar-refractivity contribution in [2.45, 2.75) is 33.2 Å². The monoisotopic (exact) mass is 205 g/mol. The number of aryl methyl sites for hydroxylation is 2. The van der Waals surface area contributed by atoms with Gasteiger partial charge in [-0.1, -0.05) is 6.07 Å². The van der Waals surface area contributed by atoms with Crippen LogP contribution < -0.4 is 10.5 Å². The number of hydrogen-bond acceptors (Lipinski definition) is 2. The van der Waals surface area contributed by atoms with Crippen molar-refractivity contribution in [3.63, 3.8) is 0 Å². The van der Waals surface area contributed by atoms with E-state index in [1.807, 2.05) is 0 Å². The fraction of sp³-hybridized carbons (Fsp3) is 0.538. The second-order valence-corrected chi connectivity index (χ2v) is 4.68. The van der Waals surface area contributed by atoms with Crippen LogP contribution in [0, 0.1) is 19.8 Å². The fourth-order valence-corrected chi connectivity index (χ4v) is 2.02. The average Bonchev–Trinajstić information content (AvgIpc) is 2.19. The van der Waals surface area contributed by atoms with Gasteiger partial charge in [-0.3, -0.25) is 0 Å². The summed E-state index contributed by atoms with van der Waals surface area (Å²) < 4.78 is 5.75. The highest BCUT2D eigenvalue weighted by Gasteiger charge is 2.23. The van der Waals surface area contributed by atoms with Crippen LogP contribution in [-0.2, 0) is 6.42 Å². The first kappa shape index (κ1) is 10.5. The Morgan fingerprint density at radius 2 is 2.00 bits per heavy atom. The second-order valence-electron chi connectivity index (χ2n) is 4.68. The molecule has 1 heterocycles. The molecule has 2 N–H and O–H groups in total. The minimum absolute atomic E-state index is 0.208. The van der Waals surface area contributed by atoms with Crippen molar-refractivity contribution in [3.05, 3.63) is 28.8 Å². The number of nitrogens with two attached hydrogens (primary N) is 1. The van der Waals surface area contributed by atoms with Gasteiger partial charge >= 0.3 is 0 Å². The molecule has 0 saturated carbocycles. The van der Waals surface area contributed by atoms with E-state index in [9.17, 15) is 0 Å². The van der Waals surface area contributed by atoms with Gasteiger partial charge in [-0.2, -0.15) is 0 Å². The third kappa shape index (κ3) is 2.00. The Labute approximate surface area is 91.4 Å². The molecule has 2 heteroatoms. The van der Waals surface area contributed by atoms with E-state index in [2.05, 4.69) is 32.9 Å². The molecule has 0 bridgehead atoms. The molecule has 2 rings (SSSR count). The van der Waals surface area contributed by atoms with Crippen molar-refractivity contribution in [2.24, 2.45) is 11.7 Å². The van der Waals surface area contributed by atoms with Gasteiger partial charge in [0.15, 0.2) is 0 Å². The minimum atomic E-state index is 0.208. The minimum Gasteiger partial charge on any atom is -0.493 e. The molecule has 0 fully saturated rings. The maximum Gasteiger partial charge on any atom is 0.122 e. The zero-order valence-corrected chi connectivity index (χ0v) is 9.71. The van der Waals surface area contributed by atoms with Crippen LogP contribution >= 0.6 is 0 Å². The van der Waals surface area contributed by atoms with Gasteiger partial charge in [0.05, 0.1) is 6.61 Å². The second kappa shape index (κ2) is 3.86. The van der Waals surface area contributed by atoms with Crippen molar-refractivity contribution in [1.29, 1.82) is 0 Å². The number of rotatable bonds is 1. The smallest absolute Gasteiger partial charge is 0.122 e. The van der Waals surface area contributed by atoms with E-state index < -0.39 is 0 Å². The van der Waals surface area contributed by atoms with Crippen LogP contribution in [0.1, 0.15) is 23.6 Å². The number of fused-ring (bicyclic) bond motifs is 1. The van der Waals surface area contributed by atoms with Crippen LogP contribution in [0.4, 0.5) is 0 Å². The topological polar surface area (TPSA) is 35.2 Å². The Morgan fingerprint density at radius 1 is 1.33 bits per heavy atom. The highest BCUT2D eigenvalue weighted by molar-refractivity contribution is 5.43. The molecule has 0 aliphatic carbocycles. The van der Waals surface area contributed by atoms with Crippen LogP contribution in [-0.4, -0.2) is 12.6 Å². The van der Waals surface area contributed by atoms with E-state index in [0.717, 1.165) is 18.8 Å². The Morgan fingerprint density at radius 3 is 2.67 bits per heavy atom. The summed E-state index contributed by atoms with van der Waals surface area (Å²) in [7, 11) is 0. The van der Waals surface area contributed by atoms with E-state index in [1.165, 1.54) is 16.7 Å². The third-order valence-electron chi connectivity index (χ3n) is 3.36. The molecule has 0 amide bonds. The first-order valence-electron chi connectivity index (χ1n) is 5.56. The summed E-state index contributed by atoms with van der Waals surface area (Å²) in [6, 6.07) is 4.58. The molecule has 82 valence electrons. The maximum atomic E-state index is 5.91. The lowest BCUT2D eigenvalue weighted by atomic mass is 9.90. The standard InChI is InChI=1S/C13H19NO/c1-8-4-11-6-12(10(3)14)7-15-13(11)5-9(8)2/h4-5,10,12H,6-7,14H2,1-3H3/t10-,12?/m0/s1. The van der Waals surface area contributed by atoms with Crippen molar-refractivity contribution < 1.29 is 4.74 Å². The first-order valence-corrected chi connectivity index (χ1v) is 5.56. The molecule has 1 aliphatic heterocycles. The Hall–Kier alpha value is -1.02. The number of hydrogen-bond donors (Lipinski definition) is 1. The molecule has 0 aromatic heterocycles. The van der Waals surface area contributed by atoms with Gasteiger partial charge in [-0.05, 0) is 49.9 Å². The van der Waals surface area contributed by atoms with E-state index in [0.29, 0.717) is 5.92 Å². The van der Waals surface area contributed by atoms with Crippen LogP contribution in [0.15, 0.2) is 12.1 Å². The highest BCUT2D eigenvalue weighted by atomic mass is 16.5. The van der Waals surface area contributed by atoms with Gasteiger partial charge in [0.25, 0.3) is 0 Å². The van der Waals surface area contributed by atoms with E-state index in [-0.39, 0.29) is 6.04 Å². The summed E-state index contributed by atoms with van der Waals surface area (Å²) in [5.74, 6) is 1.51. The number of benzene rings is 1. The SMILES string of the molecule is Cc1cc2c(cc1C)OCC([C@H](C)N)C2. The quantitative estimate of drug-likeness (QED) is 0.763. The van der Waals surface area contributed by atoms with Gasteiger partial charge < -0.3 is 10.5 Å². The molecule has 0 radical (unpaired) electrons. The van der Waals surface area contributed by atoms with E-state index >= 15 is 0 Å². The van der Waals surface area contributed by atoms with Crippen molar-refractivity contribution in [1.82, 2.24) is 0 Å². The van der Waals surface area contributed by atoms with Crippen LogP contribution in [0.2, 0.25) is 0 Å². The zero-order valence-electron chi connectivity index (χ0n) is 9.71. The molecule has 1 unspecified atom stereocenters. The van der Waals surface area contributed by atoms with Gasteiger partial charge in [-0.15, -0.1) is 0 Å². The summed E-state index contributed by atoms with van der Waals surface area (Å²) in [6.07, 6.45) is 1.05. The molecule has 0 spiro atoms. The van der Waals surface area contributed by atoms with Gasteiger partial charge in [0.2, 0.25) is 0 Å². The predicted octanol–water partition coefficient (Wildman–Crippen LogP) is 2.20. The average molecular weight is 205 g/mol. The summed E-state index contributed by atoms with van der Waals surface area (Å²) in [6.45, 7) is 7.08. The molecule has 15 heavy (non-hydrogen) atoms. The van der Waals surface area contributed by atoms with Crippen molar-refractivity contribution in [3.8, 4) is 5.75 Å². The number of ether oxygens (including phenoxy) is 1. The lowest BCUT2D eigenvalue weighted by Gasteiger charge is -2.28. The summed E-state index contributed by atoms with van der Waals surface area (Å²) in [4.78, 5) is 0. The Balaban J connectivity index is 2.30. The zero-order chi connectivity index (χ0) is 11.0. The largest absolute Gasteiger partial charge is 0.493 e. The summed E-state index contributed by atoms with van der Waals surface area (Å²) in [5, 5.41) is 0. The maximum absolute atomic E-state index is 5.91. The van der Waals surface area contributed by atoms with Crippen LogP contribution in [0.3, 0.4) is 0 Å². The Kier molecular flexibility index (Phi) is 2.70. The highest BCUT2D eigenvalue weighted by Crippen LogP contribution is 2.30. The first-order chi connectivity index (χ1) is 7.08. The van der Waals surface area contributed by atoms with Crippen molar-refractivity contribution in [2.75, 3.05) is 6.61 Å². The van der Waals surface area contributed by atoms with E-state index in [1.54, 1.807) is 0 Å². The van der Waals surface area contributed by atoms with Gasteiger partial charge in [0, 0.05) is 12.0 Å². The Bertz CT molecular complexity index is 371. The molecule has 1 aliphatic rings. The molecule has 1 aromatic rings. The molecular weight excluding hydrogens is 186 g/mol. The lowest BCUT2D eigenvalue weighted by molar-refractivity contribution is 0.204. The molecule has 2 nitrogen and oxygen atoms in total. The lowest BCUT2D eigenvalue weighted by Crippen LogP contribution is -2.35. The molecular formula is C13H19NO. The summed E-state index contributed by atoms with van der Waals surface area (Å²) in [5.41, 5.74) is 9.86. The fourth-order valence-electron chi connectivity index (χ4n) is 2.02. The molecule has 2 atom stereocenters. The van der Waals surface area contributed by atoms with E-state index in [4.69, 9.17) is 10.5 Å². The summed E-state index contributed by atoms with van der Waals surface area (Å²) >= 11 is 0. The van der Waals surface area contributed by atoms with Crippen LogP contribution in [0.25, 0.3) is 0 Å². The van der Waals surface area contributed by atoms with Gasteiger partial charge in [-0.25, -0.2) is 0 Å². The predicted molar refractivity (Wildman–Crippen MR) is 62.3 cm³/mol.